The van der Waals surface area contributed by atoms with Crippen molar-refractivity contribution in [3.8, 4) is 11.1 Å². The summed E-state index contributed by atoms with van der Waals surface area (Å²) in [6.45, 7) is 0. The van der Waals surface area contributed by atoms with Crippen LogP contribution in [0.4, 0.5) is 5.69 Å². The Hall–Kier alpha value is -2.24. The SMILES string of the molecule is NC(N)=NC(N)=Nc1cccc(-c2ccc(Cl)c(Cl)c2)c1. The summed E-state index contributed by atoms with van der Waals surface area (Å²) in [5.41, 5.74) is 18.5. The van der Waals surface area contributed by atoms with E-state index in [-0.39, 0.29) is 11.9 Å². The van der Waals surface area contributed by atoms with Gasteiger partial charge in [0.05, 0.1) is 15.7 Å². The monoisotopic (exact) mass is 321 g/mol. The smallest absolute Gasteiger partial charge is 0.223 e. The van der Waals surface area contributed by atoms with Crippen molar-refractivity contribution in [2.45, 2.75) is 0 Å². The van der Waals surface area contributed by atoms with Crippen molar-refractivity contribution in [2.75, 3.05) is 0 Å². The highest BCUT2D eigenvalue weighted by Crippen LogP contribution is 2.30. The number of hydrogen-bond donors (Lipinski definition) is 3. The molecule has 0 aliphatic carbocycles. The number of rotatable bonds is 2. The molecule has 0 heterocycles. The third-order valence-electron chi connectivity index (χ3n) is 2.59. The lowest BCUT2D eigenvalue weighted by Gasteiger charge is -2.05. The third-order valence-corrected chi connectivity index (χ3v) is 3.33. The fraction of sp³-hybridized carbons (Fsp3) is 0. The van der Waals surface area contributed by atoms with Gasteiger partial charge in [-0.05, 0) is 35.4 Å². The fourth-order valence-corrected chi connectivity index (χ4v) is 2.02. The topological polar surface area (TPSA) is 103 Å². The molecule has 0 spiro atoms. The van der Waals surface area contributed by atoms with Crippen LogP contribution in [0.25, 0.3) is 11.1 Å². The van der Waals surface area contributed by atoms with E-state index in [0.717, 1.165) is 11.1 Å². The maximum Gasteiger partial charge on any atom is 0.223 e. The number of benzene rings is 2. The Labute approximate surface area is 132 Å². The van der Waals surface area contributed by atoms with E-state index in [2.05, 4.69) is 9.98 Å². The largest absolute Gasteiger partial charge is 0.370 e. The first-order valence-corrected chi connectivity index (χ1v) is 6.70. The van der Waals surface area contributed by atoms with E-state index in [1.165, 1.54) is 0 Å². The molecule has 0 saturated carbocycles. The molecule has 0 aromatic heterocycles. The molecular weight excluding hydrogens is 309 g/mol. The molecule has 2 aromatic rings. The van der Waals surface area contributed by atoms with E-state index >= 15 is 0 Å². The van der Waals surface area contributed by atoms with E-state index in [9.17, 15) is 0 Å². The van der Waals surface area contributed by atoms with Crippen molar-refractivity contribution in [3.05, 3.63) is 52.5 Å². The van der Waals surface area contributed by atoms with Gasteiger partial charge >= 0.3 is 0 Å². The Morgan fingerprint density at radius 2 is 1.57 bits per heavy atom. The molecule has 0 fully saturated rings. The van der Waals surface area contributed by atoms with Gasteiger partial charge in [-0.3, -0.25) is 0 Å². The van der Waals surface area contributed by atoms with E-state index in [4.69, 9.17) is 40.4 Å². The Balaban J connectivity index is 2.37. The zero-order chi connectivity index (χ0) is 15.4. The maximum atomic E-state index is 6.02. The second kappa shape index (κ2) is 6.47. The van der Waals surface area contributed by atoms with Crippen LogP contribution in [0.5, 0.6) is 0 Å². The molecule has 2 rings (SSSR count). The van der Waals surface area contributed by atoms with Crippen molar-refractivity contribution < 1.29 is 0 Å². The lowest BCUT2D eigenvalue weighted by atomic mass is 10.1. The van der Waals surface area contributed by atoms with Crippen molar-refractivity contribution >= 4 is 40.8 Å². The molecular formula is C14H13Cl2N5. The molecule has 7 heteroatoms. The standard InChI is InChI=1S/C14H13Cl2N5/c15-11-5-4-9(7-12(11)16)8-2-1-3-10(6-8)20-14(19)21-13(17)18/h1-7H,(H6,17,18,19,20,21). The predicted octanol–water partition coefficient (Wildman–Crippen LogP) is 2.88. The molecule has 0 atom stereocenters. The van der Waals surface area contributed by atoms with Gasteiger partial charge in [-0.1, -0.05) is 41.4 Å². The lowest BCUT2D eigenvalue weighted by Crippen LogP contribution is -2.26. The predicted molar refractivity (Wildman–Crippen MR) is 89.0 cm³/mol. The van der Waals surface area contributed by atoms with Crippen molar-refractivity contribution in [3.63, 3.8) is 0 Å². The van der Waals surface area contributed by atoms with Crippen LogP contribution in [-0.2, 0) is 0 Å². The maximum absolute atomic E-state index is 6.02. The fourth-order valence-electron chi connectivity index (χ4n) is 1.72. The molecule has 0 saturated heterocycles. The van der Waals surface area contributed by atoms with Gasteiger partial charge in [0.15, 0.2) is 5.96 Å². The number of aliphatic imine (C=N–C) groups is 2. The minimum atomic E-state index is -0.142. The van der Waals surface area contributed by atoms with Crippen LogP contribution in [0.3, 0.4) is 0 Å². The second-order valence-electron chi connectivity index (χ2n) is 4.19. The third kappa shape index (κ3) is 4.11. The molecule has 0 bridgehead atoms. The number of halogens is 2. The molecule has 0 unspecified atom stereocenters. The van der Waals surface area contributed by atoms with Gasteiger partial charge < -0.3 is 17.2 Å². The molecule has 21 heavy (non-hydrogen) atoms. The van der Waals surface area contributed by atoms with E-state index in [1.807, 2.05) is 24.3 Å². The molecule has 6 N–H and O–H groups in total. The first-order valence-electron chi connectivity index (χ1n) is 5.95. The molecule has 108 valence electrons. The van der Waals surface area contributed by atoms with Crippen molar-refractivity contribution in [1.82, 2.24) is 0 Å². The molecule has 0 aliphatic rings. The van der Waals surface area contributed by atoms with Gasteiger partial charge in [-0.15, -0.1) is 0 Å². The number of nitrogens with two attached hydrogens (primary N) is 3. The number of nitrogens with zero attached hydrogens (tertiary/aromatic N) is 2. The van der Waals surface area contributed by atoms with Gasteiger partial charge in [0.2, 0.25) is 5.96 Å². The Bertz CT molecular complexity index is 721. The van der Waals surface area contributed by atoms with Crippen LogP contribution < -0.4 is 17.2 Å². The minimum Gasteiger partial charge on any atom is -0.370 e. The molecule has 2 aromatic carbocycles. The van der Waals surface area contributed by atoms with Crippen molar-refractivity contribution in [2.24, 2.45) is 27.2 Å². The zero-order valence-corrected chi connectivity index (χ0v) is 12.4. The zero-order valence-electron chi connectivity index (χ0n) is 10.9. The summed E-state index contributed by atoms with van der Waals surface area (Å²) in [5, 5.41) is 0.995. The summed E-state index contributed by atoms with van der Waals surface area (Å²) in [7, 11) is 0. The highest BCUT2D eigenvalue weighted by Gasteiger charge is 2.03. The Morgan fingerprint density at radius 1 is 0.857 bits per heavy atom. The van der Waals surface area contributed by atoms with Gasteiger partial charge in [-0.2, -0.15) is 4.99 Å². The first-order chi connectivity index (χ1) is 9.95. The summed E-state index contributed by atoms with van der Waals surface area (Å²) in [4.78, 5) is 7.78. The lowest BCUT2D eigenvalue weighted by molar-refractivity contribution is 1.38. The van der Waals surface area contributed by atoms with E-state index < -0.39 is 0 Å². The van der Waals surface area contributed by atoms with Crippen LogP contribution in [-0.4, -0.2) is 11.9 Å². The van der Waals surface area contributed by atoms with Gasteiger partial charge in [0.25, 0.3) is 0 Å². The van der Waals surface area contributed by atoms with E-state index in [1.54, 1.807) is 18.2 Å². The highest BCUT2D eigenvalue weighted by atomic mass is 35.5. The number of guanidine groups is 2. The Morgan fingerprint density at radius 3 is 2.24 bits per heavy atom. The van der Waals surface area contributed by atoms with Crippen LogP contribution >= 0.6 is 23.2 Å². The quantitative estimate of drug-likeness (QED) is 0.585. The van der Waals surface area contributed by atoms with Gasteiger partial charge in [0, 0.05) is 0 Å². The molecule has 0 amide bonds. The average molecular weight is 322 g/mol. The summed E-state index contributed by atoms with van der Waals surface area (Å²) >= 11 is 11.9. The van der Waals surface area contributed by atoms with Crippen LogP contribution in [0.2, 0.25) is 10.0 Å². The number of hydrogen-bond acceptors (Lipinski definition) is 1. The minimum absolute atomic E-state index is 0.0127. The molecule has 5 nitrogen and oxygen atoms in total. The van der Waals surface area contributed by atoms with E-state index in [0.29, 0.717) is 15.7 Å². The second-order valence-corrected chi connectivity index (χ2v) is 5.00. The van der Waals surface area contributed by atoms with Gasteiger partial charge in [-0.25, -0.2) is 4.99 Å². The summed E-state index contributed by atoms with van der Waals surface area (Å²) < 4.78 is 0. The van der Waals surface area contributed by atoms with Crippen LogP contribution in [0.1, 0.15) is 0 Å². The first kappa shape index (κ1) is 15.2. The summed E-state index contributed by atoms with van der Waals surface area (Å²) in [6.07, 6.45) is 0. The summed E-state index contributed by atoms with van der Waals surface area (Å²) in [6, 6.07) is 12.8. The van der Waals surface area contributed by atoms with Gasteiger partial charge in [0.1, 0.15) is 0 Å². The average Bonchev–Trinajstić information content (AvgIpc) is 2.41. The molecule has 0 radical (unpaired) electrons. The molecule has 0 aliphatic heterocycles. The van der Waals surface area contributed by atoms with Crippen LogP contribution in [0, 0.1) is 0 Å². The summed E-state index contributed by atoms with van der Waals surface area (Å²) in [5.74, 6) is -0.154. The van der Waals surface area contributed by atoms with Crippen molar-refractivity contribution in [1.29, 1.82) is 0 Å². The normalized spacial score (nSPS) is 11.2. The highest BCUT2D eigenvalue weighted by molar-refractivity contribution is 6.42. The van der Waals surface area contributed by atoms with Crippen LogP contribution in [0.15, 0.2) is 52.4 Å². The Kier molecular flexibility index (Phi) is 4.67.